The molecule has 0 aromatic carbocycles. The largest absolute Gasteiger partial charge is 0.385 e. The zero-order valence-corrected chi connectivity index (χ0v) is 11.4. The fourth-order valence-electron chi connectivity index (χ4n) is 2.68. The van der Waals surface area contributed by atoms with Gasteiger partial charge in [-0.15, -0.1) is 0 Å². The van der Waals surface area contributed by atoms with Crippen molar-refractivity contribution in [1.82, 2.24) is 9.55 Å². The highest BCUT2D eigenvalue weighted by Gasteiger charge is 2.17. The molecule has 0 spiro atoms. The molecular weight excluding hydrogens is 226 g/mol. The average molecular weight is 251 g/mol. The van der Waals surface area contributed by atoms with Crippen molar-refractivity contribution in [3.05, 3.63) is 12.4 Å². The monoisotopic (exact) mass is 251 g/mol. The summed E-state index contributed by atoms with van der Waals surface area (Å²) in [6.07, 6.45) is 13.0. The third kappa shape index (κ3) is 3.73. The third-order valence-corrected chi connectivity index (χ3v) is 3.70. The van der Waals surface area contributed by atoms with Crippen LogP contribution in [0.25, 0.3) is 0 Å². The van der Waals surface area contributed by atoms with E-state index in [0.29, 0.717) is 6.04 Å². The molecule has 102 valence electrons. The van der Waals surface area contributed by atoms with E-state index >= 15 is 0 Å². The van der Waals surface area contributed by atoms with Crippen LogP contribution in [0.15, 0.2) is 12.4 Å². The van der Waals surface area contributed by atoms with Gasteiger partial charge in [0, 0.05) is 38.7 Å². The number of hydrogen-bond donors (Lipinski definition) is 1. The molecular formula is C14H25N3O. The number of imidazole rings is 1. The standard InChI is InChI=1S/C14H25N3O/c1-18-12-6-5-9-15-14-16-10-11-17(14)13-7-3-2-4-8-13/h10-11,13H,2-9,12H2,1H3,(H,15,16). The molecule has 1 heterocycles. The smallest absolute Gasteiger partial charge is 0.203 e. The van der Waals surface area contributed by atoms with E-state index in [2.05, 4.69) is 21.1 Å². The van der Waals surface area contributed by atoms with Gasteiger partial charge in [-0.2, -0.15) is 0 Å². The van der Waals surface area contributed by atoms with E-state index in [9.17, 15) is 0 Å². The van der Waals surface area contributed by atoms with E-state index in [4.69, 9.17) is 4.74 Å². The quantitative estimate of drug-likeness (QED) is 0.756. The minimum atomic E-state index is 0.655. The molecule has 1 N–H and O–H groups in total. The molecule has 1 aromatic heterocycles. The van der Waals surface area contributed by atoms with Crippen molar-refractivity contribution in [1.29, 1.82) is 0 Å². The van der Waals surface area contributed by atoms with Gasteiger partial charge in [0.25, 0.3) is 0 Å². The molecule has 4 nitrogen and oxygen atoms in total. The summed E-state index contributed by atoms with van der Waals surface area (Å²) < 4.78 is 7.38. The fraction of sp³-hybridized carbons (Fsp3) is 0.786. The molecule has 1 aliphatic rings. The van der Waals surface area contributed by atoms with Crippen LogP contribution in [0.4, 0.5) is 5.95 Å². The topological polar surface area (TPSA) is 39.1 Å². The second-order valence-electron chi connectivity index (χ2n) is 5.08. The van der Waals surface area contributed by atoms with Crippen molar-refractivity contribution in [2.24, 2.45) is 0 Å². The summed E-state index contributed by atoms with van der Waals surface area (Å²) in [7, 11) is 1.75. The second kappa shape index (κ2) is 7.41. The van der Waals surface area contributed by atoms with Crippen molar-refractivity contribution in [3.63, 3.8) is 0 Å². The third-order valence-electron chi connectivity index (χ3n) is 3.70. The molecule has 0 amide bonds. The normalized spacial score (nSPS) is 16.9. The highest BCUT2D eigenvalue weighted by molar-refractivity contribution is 5.26. The highest BCUT2D eigenvalue weighted by Crippen LogP contribution is 2.29. The summed E-state index contributed by atoms with van der Waals surface area (Å²) in [4.78, 5) is 4.43. The lowest BCUT2D eigenvalue weighted by atomic mass is 9.95. The SMILES string of the molecule is COCCCCNc1nccn1C1CCCCC1. The van der Waals surface area contributed by atoms with Crippen LogP contribution in [0.3, 0.4) is 0 Å². The molecule has 0 bridgehead atoms. The maximum Gasteiger partial charge on any atom is 0.203 e. The van der Waals surface area contributed by atoms with Gasteiger partial charge >= 0.3 is 0 Å². The predicted octanol–water partition coefficient (Wildman–Crippen LogP) is 3.23. The zero-order valence-electron chi connectivity index (χ0n) is 11.4. The molecule has 1 aromatic rings. The Morgan fingerprint density at radius 3 is 2.94 bits per heavy atom. The molecule has 0 radical (unpaired) electrons. The second-order valence-corrected chi connectivity index (χ2v) is 5.08. The molecule has 18 heavy (non-hydrogen) atoms. The Hall–Kier alpha value is -1.03. The first-order valence-corrected chi connectivity index (χ1v) is 7.17. The van der Waals surface area contributed by atoms with Crippen LogP contribution in [-0.2, 0) is 4.74 Å². The molecule has 0 atom stereocenters. The summed E-state index contributed by atoms with van der Waals surface area (Å²) in [6, 6.07) is 0.655. The van der Waals surface area contributed by atoms with Crippen molar-refractivity contribution in [2.45, 2.75) is 51.0 Å². The number of aromatic nitrogens is 2. The van der Waals surface area contributed by atoms with E-state index < -0.39 is 0 Å². The first-order valence-electron chi connectivity index (χ1n) is 7.17. The Morgan fingerprint density at radius 1 is 1.33 bits per heavy atom. The Kier molecular flexibility index (Phi) is 5.52. The number of nitrogens with one attached hydrogen (secondary N) is 1. The van der Waals surface area contributed by atoms with Crippen molar-refractivity contribution < 1.29 is 4.74 Å². The van der Waals surface area contributed by atoms with Gasteiger partial charge in [-0.1, -0.05) is 19.3 Å². The number of hydrogen-bond acceptors (Lipinski definition) is 3. The Balaban J connectivity index is 1.79. The van der Waals surface area contributed by atoms with E-state index in [1.807, 2.05) is 6.20 Å². The molecule has 1 fully saturated rings. The van der Waals surface area contributed by atoms with Crippen LogP contribution < -0.4 is 5.32 Å². The van der Waals surface area contributed by atoms with Crippen molar-refractivity contribution >= 4 is 5.95 Å². The number of methoxy groups -OCH3 is 1. The highest BCUT2D eigenvalue weighted by atomic mass is 16.5. The minimum Gasteiger partial charge on any atom is -0.385 e. The Labute approximate surface area is 110 Å². The van der Waals surface area contributed by atoms with Gasteiger partial charge in [0.05, 0.1) is 0 Å². The van der Waals surface area contributed by atoms with Crippen LogP contribution in [0.5, 0.6) is 0 Å². The van der Waals surface area contributed by atoms with Gasteiger partial charge in [0.1, 0.15) is 0 Å². The summed E-state index contributed by atoms with van der Waals surface area (Å²) >= 11 is 0. The summed E-state index contributed by atoms with van der Waals surface area (Å²) in [5.74, 6) is 1.04. The lowest BCUT2D eigenvalue weighted by Crippen LogP contribution is -2.16. The first-order chi connectivity index (χ1) is 8.92. The van der Waals surface area contributed by atoms with Crippen LogP contribution in [0.1, 0.15) is 51.0 Å². The van der Waals surface area contributed by atoms with E-state index in [1.54, 1.807) is 7.11 Å². The Bertz CT molecular complexity index is 332. The Morgan fingerprint density at radius 2 is 2.17 bits per heavy atom. The molecule has 1 aliphatic carbocycles. The van der Waals surface area contributed by atoms with Gasteiger partial charge in [-0.25, -0.2) is 4.98 Å². The van der Waals surface area contributed by atoms with Crippen molar-refractivity contribution in [2.75, 3.05) is 25.6 Å². The average Bonchev–Trinajstić information content (AvgIpc) is 2.88. The number of rotatable bonds is 7. The maximum absolute atomic E-state index is 5.05. The number of ether oxygens (including phenoxy) is 1. The predicted molar refractivity (Wildman–Crippen MR) is 73.9 cm³/mol. The zero-order chi connectivity index (χ0) is 12.6. The lowest BCUT2D eigenvalue weighted by molar-refractivity contribution is 0.193. The fourth-order valence-corrected chi connectivity index (χ4v) is 2.68. The minimum absolute atomic E-state index is 0.655. The summed E-state index contributed by atoms with van der Waals surface area (Å²) in [5.41, 5.74) is 0. The van der Waals surface area contributed by atoms with E-state index in [1.165, 1.54) is 32.1 Å². The van der Waals surface area contributed by atoms with Gasteiger partial charge in [-0.05, 0) is 25.7 Å². The number of nitrogens with zero attached hydrogens (tertiary/aromatic N) is 2. The molecule has 0 unspecified atom stereocenters. The van der Waals surface area contributed by atoms with Crippen LogP contribution in [0, 0.1) is 0 Å². The van der Waals surface area contributed by atoms with Gasteiger partial charge in [0.15, 0.2) is 0 Å². The lowest BCUT2D eigenvalue weighted by Gasteiger charge is -2.24. The van der Waals surface area contributed by atoms with Gasteiger partial charge < -0.3 is 14.6 Å². The van der Waals surface area contributed by atoms with Crippen LogP contribution in [0.2, 0.25) is 0 Å². The van der Waals surface area contributed by atoms with Gasteiger partial charge in [0.2, 0.25) is 5.95 Å². The first kappa shape index (κ1) is 13.4. The number of unbranched alkanes of at least 4 members (excludes halogenated alkanes) is 1. The van der Waals surface area contributed by atoms with Gasteiger partial charge in [-0.3, -0.25) is 0 Å². The van der Waals surface area contributed by atoms with E-state index in [-0.39, 0.29) is 0 Å². The molecule has 0 saturated heterocycles. The molecule has 0 aliphatic heterocycles. The number of anilines is 1. The maximum atomic E-state index is 5.05. The van der Waals surface area contributed by atoms with Crippen LogP contribution in [-0.4, -0.2) is 29.8 Å². The summed E-state index contributed by atoms with van der Waals surface area (Å²) in [6.45, 7) is 1.83. The molecule has 1 saturated carbocycles. The summed E-state index contributed by atoms with van der Waals surface area (Å²) in [5, 5.41) is 3.45. The van der Waals surface area contributed by atoms with Crippen LogP contribution >= 0.6 is 0 Å². The van der Waals surface area contributed by atoms with Crippen molar-refractivity contribution in [3.8, 4) is 0 Å². The molecule has 4 heteroatoms. The molecule has 2 rings (SSSR count). The van der Waals surface area contributed by atoms with E-state index in [0.717, 1.165) is 31.9 Å².